The molecule has 1 heterocycles. The maximum Gasteiger partial charge on any atom is 0.251 e. The second-order valence-electron chi connectivity index (χ2n) is 4.71. The van der Waals surface area contributed by atoms with Gasteiger partial charge in [-0.2, -0.15) is 5.10 Å². The van der Waals surface area contributed by atoms with Crippen molar-refractivity contribution in [2.45, 2.75) is 19.9 Å². The third-order valence-corrected chi connectivity index (χ3v) is 3.32. The van der Waals surface area contributed by atoms with Crippen LogP contribution in [0.4, 0.5) is 4.39 Å². The van der Waals surface area contributed by atoms with E-state index in [1.165, 1.54) is 16.9 Å². The molecule has 106 valence electrons. The van der Waals surface area contributed by atoms with E-state index in [9.17, 15) is 9.18 Å². The average molecular weight is 276 g/mol. The number of nitrogens with one attached hydrogen (secondary N) is 1. The van der Waals surface area contributed by atoms with Gasteiger partial charge in [-0.05, 0) is 44.2 Å². The molecule has 0 fully saturated rings. The van der Waals surface area contributed by atoms with E-state index >= 15 is 0 Å². The van der Waals surface area contributed by atoms with E-state index in [0.717, 1.165) is 11.3 Å². The Hall–Kier alpha value is -2.21. The lowest BCUT2D eigenvalue weighted by Gasteiger charge is -2.17. The third-order valence-electron chi connectivity index (χ3n) is 3.32. The van der Waals surface area contributed by atoms with E-state index in [2.05, 4.69) is 10.4 Å². The smallest absolute Gasteiger partial charge is 0.251 e. The summed E-state index contributed by atoms with van der Waals surface area (Å²) in [7, 11) is 1.80. The second kappa shape index (κ2) is 5.42. The summed E-state index contributed by atoms with van der Waals surface area (Å²) in [6.45, 7) is 3.61. The summed E-state index contributed by atoms with van der Waals surface area (Å²) in [4.78, 5) is 11.1. The molecule has 20 heavy (non-hydrogen) atoms. The zero-order chi connectivity index (χ0) is 14.9. The van der Waals surface area contributed by atoms with Gasteiger partial charge in [0.25, 0.3) is 5.91 Å². The standard InChI is InChI=1S/C14H17FN4O/c1-8-4-13(11(5-12(8)15)9(2)17-3)19-7-10(6-18-19)14(16)20/h4-7,9,17H,1-3H3,(H2,16,20). The second-order valence-corrected chi connectivity index (χ2v) is 4.71. The van der Waals surface area contributed by atoms with Crippen molar-refractivity contribution in [1.29, 1.82) is 0 Å². The minimum atomic E-state index is -0.543. The number of aromatic nitrogens is 2. The number of carbonyl (C=O) groups is 1. The molecule has 0 saturated carbocycles. The van der Waals surface area contributed by atoms with Crippen LogP contribution in [0.25, 0.3) is 5.69 Å². The number of rotatable bonds is 4. The number of carbonyl (C=O) groups excluding carboxylic acids is 1. The first-order chi connectivity index (χ1) is 9.43. The Morgan fingerprint density at radius 3 is 2.75 bits per heavy atom. The highest BCUT2D eigenvalue weighted by atomic mass is 19.1. The molecular formula is C14H17FN4O. The van der Waals surface area contributed by atoms with Crippen LogP contribution in [0.2, 0.25) is 0 Å². The van der Waals surface area contributed by atoms with E-state index in [4.69, 9.17) is 5.73 Å². The fourth-order valence-corrected chi connectivity index (χ4v) is 1.96. The monoisotopic (exact) mass is 276 g/mol. The van der Waals surface area contributed by atoms with Gasteiger partial charge in [-0.25, -0.2) is 9.07 Å². The van der Waals surface area contributed by atoms with Crippen molar-refractivity contribution in [3.8, 4) is 5.69 Å². The van der Waals surface area contributed by atoms with Gasteiger partial charge >= 0.3 is 0 Å². The van der Waals surface area contributed by atoms with Crippen LogP contribution in [0, 0.1) is 12.7 Å². The van der Waals surface area contributed by atoms with Gasteiger partial charge in [-0.15, -0.1) is 0 Å². The molecule has 3 N–H and O–H groups in total. The van der Waals surface area contributed by atoms with Gasteiger partial charge in [0.15, 0.2) is 0 Å². The Labute approximate surface area is 116 Å². The van der Waals surface area contributed by atoms with Crippen LogP contribution in [0.3, 0.4) is 0 Å². The third kappa shape index (κ3) is 2.55. The molecule has 0 aliphatic rings. The molecule has 2 aromatic rings. The average Bonchev–Trinajstić information content (AvgIpc) is 2.90. The number of nitrogens with two attached hydrogens (primary N) is 1. The molecule has 0 saturated heterocycles. The topological polar surface area (TPSA) is 72.9 Å². The van der Waals surface area contributed by atoms with E-state index in [1.54, 1.807) is 26.2 Å². The Kier molecular flexibility index (Phi) is 3.85. The number of amides is 1. The van der Waals surface area contributed by atoms with Crippen LogP contribution in [0.1, 0.15) is 34.5 Å². The maximum absolute atomic E-state index is 13.8. The molecule has 5 nitrogen and oxygen atoms in total. The van der Waals surface area contributed by atoms with Crippen molar-refractivity contribution in [3.63, 3.8) is 0 Å². The minimum absolute atomic E-state index is 0.0543. The van der Waals surface area contributed by atoms with Crippen molar-refractivity contribution in [2.24, 2.45) is 5.73 Å². The van der Waals surface area contributed by atoms with Gasteiger partial charge in [-0.1, -0.05) is 0 Å². The van der Waals surface area contributed by atoms with Gasteiger partial charge in [0, 0.05) is 12.2 Å². The summed E-state index contributed by atoms with van der Waals surface area (Å²) < 4.78 is 15.3. The first-order valence-corrected chi connectivity index (χ1v) is 6.26. The SMILES string of the molecule is CNC(C)c1cc(F)c(C)cc1-n1cc(C(N)=O)cn1. The van der Waals surface area contributed by atoms with E-state index in [1.807, 2.05) is 6.92 Å². The molecule has 1 amide bonds. The van der Waals surface area contributed by atoms with Gasteiger partial charge in [0.05, 0.1) is 17.4 Å². The number of halogens is 1. The van der Waals surface area contributed by atoms with Gasteiger partial charge in [0.2, 0.25) is 0 Å². The molecule has 0 radical (unpaired) electrons. The number of benzene rings is 1. The molecule has 6 heteroatoms. The highest BCUT2D eigenvalue weighted by Crippen LogP contribution is 2.24. The largest absolute Gasteiger partial charge is 0.366 e. The van der Waals surface area contributed by atoms with Gasteiger partial charge < -0.3 is 11.1 Å². The van der Waals surface area contributed by atoms with Gasteiger partial charge in [-0.3, -0.25) is 4.79 Å². The van der Waals surface area contributed by atoms with Crippen LogP contribution < -0.4 is 11.1 Å². The fourth-order valence-electron chi connectivity index (χ4n) is 1.96. The molecule has 0 spiro atoms. The summed E-state index contributed by atoms with van der Waals surface area (Å²) in [6.07, 6.45) is 2.94. The van der Waals surface area contributed by atoms with Crippen LogP contribution in [0.5, 0.6) is 0 Å². The summed E-state index contributed by atoms with van der Waals surface area (Å²) in [5, 5.41) is 7.19. The lowest BCUT2D eigenvalue weighted by Crippen LogP contribution is -2.16. The molecule has 1 atom stereocenters. The first-order valence-electron chi connectivity index (χ1n) is 6.26. The molecule has 2 rings (SSSR count). The highest BCUT2D eigenvalue weighted by Gasteiger charge is 2.15. The molecule has 1 aromatic carbocycles. The molecular weight excluding hydrogens is 259 g/mol. The lowest BCUT2D eigenvalue weighted by atomic mass is 10.0. The van der Waals surface area contributed by atoms with Crippen LogP contribution >= 0.6 is 0 Å². The minimum Gasteiger partial charge on any atom is -0.366 e. The Bertz CT molecular complexity index is 651. The molecule has 0 aliphatic carbocycles. The van der Waals surface area contributed by atoms with E-state index in [-0.39, 0.29) is 11.9 Å². The predicted octanol–water partition coefficient (Wildman–Crippen LogP) is 1.70. The molecule has 1 unspecified atom stereocenters. The molecule has 0 aliphatic heterocycles. The summed E-state index contributed by atoms with van der Waals surface area (Å²) in [5.74, 6) is -0.813. The van der Waals surface area contributed by atoms with Crippen molar-refractivity contribution in [2.75, 3.05) is 7.05 Å². The van der Waals surface area contributed by atoms with Crippen molar-refractivity contribution in [1.82, 2.24) is 15.1 Å². The summed E-state index contributed by atoms with van der Waals surface area (Å²) in [6, 6.07) is 3.13. The van der Waals surface area contributed by atoms with E-state index < -0.39 is 5.91 Å². The fraction of sp³-hybridized carbons (Fsp3) is 0.286. The molecule has 1 aromatic heterocycles. The first kappa shape index (κ1) is 14.2. The number of aryl methyl sites for hydroxylation is 1. The number of hydrogen-bond acceptors (Lipinski definition) is 3. The lowest BCUT2D eigenvalue weighted by molar-refractivity contribution is 0.100. The quantitative estimate of drug-likeness (QED) is 0.892. The zero-order valence-corrected chi connectivity index (χ0v) is 11.6. The number of primary amides is 1. The normalized spacial score (nSPS) is 12.4. The van der Waals surface area contributed by atoms with Crippen molar-refractivity contribution >= 4 is 5.91 Å². The number of hydrogen-bond donors (Lipinski definition) is 2. The Balaban J connectivity index is 2.58. The van der Waals surface area contributed by atoms with Crippen LogP contribution in [-0.2, 0) is 0 Å². The highest BCUT2D eigenvalue weighted by molar-refractivity contribution is 5.92. The van der Waals surface area contributed by atoms with E-state index in [0.29, 0.717) is 11.1 Å². The van der Waals surface area contributed by atoms with Gasteiger partial charge in [0.1, 0.15) is 5.82 Å². The van der Waals surface area contributed by atoms with Crippen LogP contribution in [-0.4, -0.2) is 22.7 Å². The maximum atomic E-state index is 13.8. The Morgan fingerprint density at radius 2 is 2.20 bits per heavy atom. The predicted molar refractivity (Wildman–Crippen MR) is 74.3 cm³/mol. The zero-order valence-electron chi connectivity index (χ0n) is 11.6. The molecule has 0 bridgehead atoms. The summed E-state index contributed by atoms with van der Waals surface area (Å²) >= 11 is 0. The summed E-state index contributed by atoms with van der Waals surface area (Å²) in [5.41, 5.74) is 7.53. The van der Waals surface area contributed by atoms with Crippen molar-refractivity contribution < 1.29 is 9.18 Å². The number of nitrogens with zero attached hydrogens (tertiary/aromatic N) is 2. The van der Waals surface area contributed by atoms with Crippen molar-refractivity contribution in [3.05, 3.63) is 47.0 Å². The van der Waals surface area contributed by atoms with Crippen LogP contribution in [0.15, 0.2) is 24.5 Å². The Morgan fingerprint density at radius 1 is 1.50 bits per heavy atom.